The molecule has 1 aromatic rings. The zero-order valence-electron chi connectivity index (χ0n) is 11.0. The molecule has 0 amide bonds. The van der Waals surface area contributed by atoms with E-state index < -0.39 is 0 Å². The highest BCUT2D eigenvalue weighted by Crippen LogP contribution is 2.25. The van der Waals surface area contributed by atoms with Gasteiger partial charge in [-0.05, 0) is 18.8 Å². The van der Waals surface area contributed by atoms with Crippen LogP contribution in [-0.4, -0.2) is 11.5 Å². The van der Waals surface area contributed by atoms with Crippen molar-refractivity contribution in [3.63, 3.8) is 0 Å². The Hall–Kier alpha value is -0.570. The summed E-state index contributed by atoms with van der Waals surface area (Å²) in [7, 11) is 0. The highest BCUT2D eigenvalue weighted by Gasteiger charge is 2.17. The lowest BCUT2D eigenvalue weighted by molar-refractivity contribution is 0.342. The van der Waals surface area contributed by atoms with Gasteiger partial charge in [-0.3, -0.25) is 0 Å². The second-order valence-corrected chi connectivity index (χ2v) is 6.13. The maximum Gasteiger partial charge on any atom is 0.182 e. The maximum atomic E-state index is 4.42. The summed E-state index contributed by atoms with van der Waals surface area (Å²) in [5, 5.41) is 6.59. The molecule has 0 spiro atoms. The summed E-state index contributed by atoms with van der Waals surface area (Å²) in [6.07, 6.45) is 5.27. The largest absolute Gasteiger partial charge is 0.361 e. The van der Waals surface area contributed by atoms with Crippen molar-refractivity contribution in [2.75, 3.05) is 11.9 Å². The zero-order chi connectivity index (χ0) is 12.0. The first-order valence-electron chi connectivity index (χ1n) is 6.19. The van der Waals surface area contributed by atoms with Gasteiger partial charge in [-0.15, -0.1) is 11.3 Å². The molecule has 16 heavy (non-hydrogen) atoms. The summed E-state index contributed by atoms with van der Waals surface area (Å²) in [6.45, 7) is 9.97. The summed E-state index contributed by atoms with van der Waals surface area (Å²) in [6, 6.07) is 0. The quantitative estimate of drug-likeness (QED) is 0.711. The normalized spacial score (nSPS) is 11.8. The lowest BCUT2D eigenvalue weighted by Gasteiger charge is -2.24. The highest BCUT2D eigenvalue weighted by atomic mass is 32.1. The third kappa shape index (κ3) is 4.97. The maximum absolute atomic E-state index is 4.42. The van der Waals surface area contributed by atoms with Crippen LogP contribution in [0.4, 0.5) is 5.13 Å². The van der Waals surface area contributed by atoms with E-state index in [1.54, 1.807) is 11.3 Å². The molecule has 92 valence electrons. The van der Waals surface area contributed by atoms with Crippen molar-refractivity contribution < 1.29 is 0 Å². The van der Waals surface area contributed by atoms with Crippen molar-refractivity contribution in [3.8, 4) is 0 Å². The van der Waals surface area contributed by atoms with Gasteiger partial charge >= 0.3 is 0 Å². The Bertz CT molecular complexity index is 305. The molecule has 0 unspecified atom stereocenters. The van der Waals surface area contributed by atoms with Gasteiger partial charge in [0.15, 0.2) is 5.13 Å². The van der Waals surface area contributed by atoms with E-state index in [-0.39, 0.29) is 0 Å². The third-order valence-electron chi connectivity index (χ3n) is 2.79. The minimum atomic E-state index is 0.370. The van der Waals surface area contributed by atoms with Crippen LogP contribution in [0.15, 0.2) is 5.38 Å². The first-order chi connectivity index (χ1) is 7.53. The van der Waals surface area contributed by atoms with Crippen LogP contribution in [0.2, 0.25) is 0 Å². The fourth-order valence-electron chi connectivity index (χ4n) is 1.69. The van der Waals surface area contributed by atoms with Gasteiger partial charge in [-0.25, -0.2) is 4.98 Å². The Balaban J connectivity index is 2.29. The van der Waals surface area contributed by atoms with Gasteiger partial charge in [0.1, 0.15) is 0 Å². The Kier molecular flexibility index (Phi) is 5.26. The number of hydrogen-bond donors (Lipinski definition) is 1. The molecular weight excluding hydrogens is 216 g/mol. The molecule has 3 heteroatoms. The molecule has 0 radical (unpaired) electrons. The number of aromatic nitrogens is 1. The van der Waals surface area contributed by atoms with Gasteiger partial charge in [0.05, 0.1) is 5.69 Å². The van der Waals surface area contributed by atoms with Crippen LogP contribution < -0.4 is 5.32 Å². The topological polar surface area (TPSA) is 24.9 Å². The number of nitrogens with one attached hydrogen (secondary N) is 1. The van der Waals surface area contributed by atoms with E-state index in [2.05, 4.69) is 36.5 Å². The minimum Gasteiger partial charge on any atom is -0.361 e. The molecule has 1 rings (SSSR count). The van der Waals surface area contributed by atoms with Crippen LogP contribution in [0.1, 0.15) is 52.1 Å². The Morgan fingerprint density at radius 1 is 1.38 bits per heavy atom. The zero-order valence-corrected chi connectivity index (χ0v) is 11.8. The van der Waals surface area contributed by atoms with Crippen molar-refractivity contribution in [2.45, 2.75) is 53.4 Å². The van der Waals surface area contributed by atoms with Crippen LogP contribution in [0.3, 0.4) is 0 Å². The molecule has 0 aromatic carbocycles. The first kappa shape index (κ1) is 13.5. The van der Waals surface area contributed by atoms with E-state index in [0.717, 1.165) is 17.4 Å². The average Bonchev–Trinajstić information content (AvgIpc) is 2.62. The van der Waals surface area contributed by atoms with Gasteiger partial charge in [0, 0.05) is 11.9 Å². The fourth-order valence-corrected chi connectivity index (χ4v) is 2.38. The molecule has 1 heterocycles. The third-order valence-corrected chi connectivity index (χ3v) is 3.71. The average molecular weight is 240 g/mol. The predicted octanol–water partition coefficient (Wildman–Crippen LogP) is 4.47. The predicted molar refractivity (Wildman–Crippen MR) is 73.3 cm³/mol. The van der Waals surface area contributed by atoms with Gasteiger partial charge in [0.25, 0.3) is 0 Å². The molecule has 0 aliphatic rings. The summed E-state index contributed by atoms with van der Waals surface area (Å²) in [4.78, 5) is 4.42. The van der Waals surface area contributed by atoms with Gasteiger partial charge in [0.2, 0.25) is 0 Å². The van der Waals surface area contributed by atoms with Crippen LogP contribution in [0, 0.1) is 12.3 Å². The summed E-state index contributed by atoms with van der Waals surface area (Å²) >= 11 is 1.70. The number of anilines is 1. The fraction of sp³-hybridized carbons (Fsp3) is 0.769. The van der Waals surface area contributed by atoms with Crippen molar-refractivity contribution >= 4 is 16.5 Å². The van der Waals surface area contributed by atoms with Crippen LogP contribution in [-0.2, 0) is 0 Å². The molecule has 1 N–H and O–H groups in total. The molecule has 2 nitrogen and oxygen atoms in total. The molecule has 0 saturated carbocycles. The van der Waals surface area contributed by atoms with Crippen LogP contribution in [0.25, 0.3) is 0 Å². The molecule has 0 fully saturated rings. The number of hydrogen-bond acceptors (Lipinski definition) is 3. The number of nitrogens with zero attached hydrogens (tertiary/aromatic N) is 1. The van der Waals surface area contributed by atoms with E-state index in [4.69, 9.17) is 0 Å². The first-order valence-corrected chi connectivity index (χ1v) is 7.07. The standard InChI is InChI=1S/C13H24N2S/c1-5-6-7-8-13(3,4)10-14-12-15-11(2)9-16-12/h9H,5-8,10H2,1-4H3,(H,14,15). The molecule has 0 aliphatic heterocycles. The Morgan fingerprint density at radius 2 is 2.12 bits per heavy atom. The molecule has 0 bridgehead atoms. The number of aryl methyl sites for hydroxylation is 1. The highest BCUT2D eigenvalue weighted by molar-refractivity contribution is 7.13. The molecule has 0 aliphatic carbocycles. The lowest BCUT2D eigenvalue weighted by Crippen LogP contribution is -2.22. The minimum absolute atomic E-state index is 0.370. The molecule has 0 atom stereocenters. The van der Waals surface area contributed by atoms with Crippen LogP contribution >= 0.6 is 11.3 Å². The van der Waals surface area contributed by atoms with Gasteiger partial charge in [-0.1, -0.05) is 40.0 Å². The number of rotatable bonds is 7. The van der Waals surface area contributed by atoms with Crippen molar-refractivity contribution in [1.29, 1.82) is 0 Å². The molecular formula is C13H24N2S. The van der Waals surface area contributed by atoms with E-state index in [0.29, 0.717) is 5.41 Å². The van der Waals surface area contributed by atoms with Gasteiger partial charge in [-0.2, -0.15) is 0 Å². The molecule has 1 aromatic heterocycles. The van der Waals surface area contributed by atoms with Crippen molar-refractivity contribution in [1.82, 2.24) is 4.98 Å². The molecule has 0 saturated heterocycles. The van der Waals surface area contributed by atoms with E-state index in [1.165, 1.54) is 25.7 Å². The Labute approximate surface area is 103 Å². The second kappa shape index (κ2) is 6.24. The monoisotopic (exact) mass is 240 g/mol. The van der Waals surface area contributed by atoms with Crippen molar-refractivity contribution in [3.05, 3.63) is 11.1 Å². The summed E-state index contributed by atoms with van der Waals surface area (Å²) in [5.74, 6) is 0. The second-order valence-electron chi connectivity index (χ2n) is 5.27. The number of thiazole rings is 1. The van der Waals surface area contributed by atoms with E-state index >= 15 is 0 Å². The van der Waals surface area contributed by atoms with Crippen molar-refractivity contribution in [2.24, 2.45) is 5.41 Å². The van der Waals surface area contributed by atoms with E-state index in [9.17, 15) is 0 Å². The number of unbranched alkanes of at least 4 members (excludes halogenated alkanes) is 2. The lowest BCUT2D eigenvalue weighted by atomic mass is 9.87. The van der Waals surface area contributed by atoms with Crippen LogP contribution in [0.5, 0.6) is 0 Å². The summed E-state index contributed by atoms with van der Waals surface area (Å²) in [5.41, 5.74) is 1.48. The summed E-state index contributed by atoms with van der Waals surface area (Å²) < 4.78 is 0. The smallest absolute Gasteiger partial charge is 0.182 e. The SMILES string of the molecule is CCCCCC(C)(C)CNc1nc(C)cs1. The van der Waals surface area contributed by atoms with Gasteiger partial charge < -0.3 is 5.32 Å². The Morgan fingerprint density at radius 3 is 2.69 bits per heavy atom. The van der Waals surface area contributed by atoms with E-state index in [1.807, 2.05) is 6.92 Å².